The summed E-state index contributed by atoms with van der Waals surface area (Å²) in [5.74, 6) is 0.346. The van der Waals surface area contributed by atoms with E-state index in [1.54, 1.807) is 6.07 Å². The van der Waals surface area contributed by atoms with Crippen molar-refractivity contribution in [3.05, 3.63) is 29.3 Å². The molecule has 2 rings (SSSR count). The Hall–Kier alpha value is -0.770. The second-order valence-electron chi connectivity index (χ2n) is 3.64. The summed E-state index contributed by atoms with van der Waals surface area (Å²) in [6, 6.07) is 5.77. The molecule has 3 nitrogen and oxygen atoms in total. The zero-order valence-electron chi connectivity index (χ0n) is 8.69. The highest BCUT2D eigenvalue weighted by molar-refractivity contribution is 5.85. The molecule has 1 aromatic rings. The summed E-state index contributed by atoms with van der Waals surface area (Å²) in [6.07, 6.45) is 0. The van der Waals surface area contributed by atoms with E-state index in [1.807, 2.05) is 19.1 Å². The fraction of sp³-hybridized carbons (Fsp3) is 0.455. The maximum atomic E-state index is 9.69. The molecule has 0 amide bonds. The van der Waals surface area contributed by atoms with E-state index in [0.717, 1.165) is 24.3 Å². The van der Waals surface area contributed by atoms with Crippen LogP contribution in [0.25, 0.3) is 0 Å². The molecule has 1 saturated heterocycles. The van der Waals surface area contributed by atoms with Gasteiger partial charge in [0, 0.05) is 12.1 Å². The molecule has 1 aromatic carbocycles. The van der Waals surface area contributed by atoms with Crippen molar-refractivity contribution >= 4 is 12.4 Å². The minimum Gasteiger partial charge on any atom is -0.508 e. The van der Waals surface area contributed by atoms with Gasteiger partial charge in [0.1, 0.15) is 5.75 Å². The van der Waals surface area contributed by atoms with Crippen molar-refractivity contribution in [2.45, 2.75) is 13.0 Å². The van der Waals surface area contributed by atoms with Crippen LogP contribution in [0.15, 0.2) is 18.2 Å². The molecule has 15 heavy (non-hydrogen) atoms. The van der Waals surface area contributed by atoms with Gasteiger partial charge in [-0.05, 0) is 13.0 Å². The van der Waals surface area contributed by atoms with Crippen LogP contribution in [-0.2, 0) is 4.74 Å². The van der Waals surface area contributed by atoms with E-state index < -0.39 is 0 Å². The number of morpholine rings is 1. The van der Waals surface area contributed by atoms with Gasteiger partial charge in [-0.15, -0.1) is 12.4 Å². The number of phenolic OH excluding ortho intramolecular Hbond substituents is 1. The smallest absolute Gasteiger partial charge is 0.120 e. The third-order valence-electron chi connectivity index (χ3n) is 2.48. The van der Waals surface area contributed by atoms with E-state index in [1.165, 1.54) is 0 Å². The molecular formula is C11H16ClNO2. The topological polar surface area (TPSA) is 41.5 Å². The molecule has 1 aliphatic rings. The van der Waals surface area contributed by atoms with E-state index >= 15 is 0 Å². The van der Waals surface area contributed by atoms with Crippen molar-refractivity contribution in [1.29, 1.82) is 0 Å². The van der Waals surface area contributed by atoms with Crippen LogP contribution >= 0.6 is 12.4 Å². The lowest BCUT2D eigenvalue weighted by Gasteiger charge is -2.24. The molecule has 0 unspecified atom stereocenters. The normalized spacial score (nSPS) is 20.7. The van der Waals surface area contributed by atoms with Gasteiger partial charge in [0.25, 0.3) is 0 Å². The minimum atomic E-state index is 0. The van der Waals surface area contributed by atoms with Gasteiger partial charge >= 0.3 is 0 Å². The van der Waals surface area contributed by atoms with Crippen LogP contribution in [0.2, 0.25) is 0 Å². The zero-order chi connectivity index (χ0) is 9.97. The standard InChI is InChI=1S/C11H15NO2.ClH/c1-8-2-3-11(13)9(6-8)10-7-14-5-4-12-10;/h2-3,6,10,12-13H,4-5,7H2,1H3;1H/t10-;/m0./s1. The Balaban J connectivity index is 0.00000112. The molecular weight excluding hydrogens is 214 g/mol. The average Bonchev–Trinajstić information content (AvgIpc) is 2.23. The predicted molar refractivity (Wildman–Crippen MR) is 61.7 cm³/mol. The van der Waals surface area contributed by atoms with Crippen LogP contribution in [0, 0.1) is 6.92 Å². The summed E-state index contributed by atoms with van der Waals surface area (Å²) in [5, 5.41) is 13.0. The number of aromatic hydroxyl groups is 1. The second-order valence-corrected chi connectivity index (χ2v) is 3.64. The maximum Gasteiger partial charge on any atom is 0.120 e. The van der Waals surface area contributed by atoms with E-state index in [-0.39, 0.29) is 18.4 Å². The van der Waals surface area contributed by atoms with E-state index in [0.29, 0.717) is 12.4 Å². The first-order chi connectivity index (χ1) is 6.77. The van der Waals surface area contributed by atoms with Crippen LogP contribution in [0.5, 0.6) is 5.75 Å². The van der Waals surface area contributed by atoms with E-state index in [9.17, 15) is 5.11 Å². The summed E-state index contributed by atoms with van der Waals surface area (Å²) < 4.78 is 5.36. The Labute approximate surface area is 95.9 Å². The largest absolute Gasteiger partial charge is 0.508 e. The first-order valence-corrected chi connectivity index (χ1v) is 4.88. The fourth-order valence-corrected chi connectivity index (χ4v) is 1.72. The number of halogens is 1. The molecule has 0 bridgehead atoms. The number of benzene rings is 1. The van der Waals surface area contributed by atoms with Crippen molar-refractivity contribution in [2.24, 2.45) is 0 Å². The quantitative estimate of drug-likeness (QED) is 0.772. The summed E-state index contributed by atoms with van der Waals surface area (Å²) in [5.41, 5.74) is 2.09. The summed E-state index contributed by atoms with van der Waals surface area (Å²) in [6.45, 7) is 4.25. The number of rotatable bonds is 1. The van der Waals surface area contributed by atoms with Crippen molar-refractivity contribution in [3.8, 4) is 5.75 Å². The van der Waals surface area contributed by atoms with Gasteiger partial charge in [0.2, 0.25) is 0 Å². The molecule has 0 aromatic heterocycles. The van der Waals surface area contributed by atoms with E-state index in [2.05, 4.69) is 5.32 Å². The highest BCUT2D eigenvalue weighted by atomic mass is 35.5. The molecule has 84 valence electrons. The van der Waals surface area contributed by atoms with Crippen LogP contribution in [-0.4, -0.2) is 24.9 Å². The highest BCUT2D eigenvalue weighted by Crippen LogP contribution is 2.26. The number of ether oxygens (including phenoxy) is 1. The van der Waals surface area contributed by atoms with Crippen molar-refractivity contribution in [2.75, 3.05) is 19.8 Å². The van der Waals surface area contributed by atoms with E-state index in [4.69, 9.17) is 4.74 Å². The molecule has 2 N–H and O–H groups in total. The van der Waals surface area contributed by atoms with Gasteiger partial charge in [-0.25, -0.2) is 0 Å². The molecule has 1 atom stereocenters. The molecule has 1 heterocycles. The number of hydrogen-bond donors (Lipinski definition) is 2. The minimum absolute atomic E-state index is 0. The van der Waals surface area contributed by atoms with Crippen molar-refractivity contribution in [3.63, 3.8) is 0 Å². The van der Waals surface area contributed by atoms with Crippen LogP contribution in [0.3, 0.4) is 0 Å². The van der Waals surface area contributed by atoms with Crippen LogP contribution < -0.4 is 5.32 Å². The van der Waals surface area contributed by atoms with Gasteiger partial charge in [-0.1, -0.05) is 17.7 Å². The van der Waals surface area contributed by atoms with Gasteiger partial charge in [-0.2, -0.15) is 0 Å². The lowest BCUT2D eigenvalue weighted by molar-refractivity contribution is 0.0761. The molecule has 1 fully saturated rings. The molecule has 0 aliphatic carbocycles. The van der Waals surface area contributed by atoms with Crippen LogP contribution in [0.4, 0.5) is 0 Å². The molecule has 0 saturated carbocycles. The Morgan fingerprint density at radius 3 is 2.93 bits per heavy atom. The number of hydrogen-bond acceptors (Lipinski definition) is 3. The van der Waals surface area contributed by atoms with Gasteiger partial charge in [-0.3, -0.25) is 0 Å². The fourth-order valence-electron chi connectivity index (χ4n) is 1.72. The van der Waals surface area contributed by atoms with Gasteiger partial charge in [0.15, 0.2) is 0 Å². The third-order valence-corrected chi connectivity index (χ3v) is 2.48. The predicted octanol–water partition coefficient (Wildman–Crippen LogP) is 1.78. The highest BCUT2D eigenvalue weighted by Gasteiger charge is 2.18. The number of phenols is 1. The number of aryl methyl sites for hydroxylation is 1. The molecule has 4 heteroatoms. The molecule has 1 aliphatic heterocycles. The number of nitrogens with one attached hydrogen (secondary N) is 1. The summed E-state index contributed by atoms with van der Waals surface area (Å²) in [4.78, 5) is 0. The summed E-state index contributed by atoms with van der Waals surface area (Å²) >= 11 is 0. The molecule has 0 spiro atoms. The third kappa shape index (κ3) is 2.84. The van der Waals surface area contributed by atoms with Crippen molar-refractivity contribution in [1.82, 2.24) is 5.32 Å². The Morgan fingerprint density at radius 1 is 1.47 bits per heavy atom. The Bertz CT molecular complexity index is 324. The Kier molecular flexibility index (Phi) is 4.39. The summed E-state index contributed by atoms with van der Waals surface area (Å²) in [7, 11) is 0. The lowest BCUT2D eigenvalue weighted by Crippen LogP contribution is -2.34. The SMILES string of the molecule is Cc1ccc(O)c([C@@H]2COCCN2)c1.Cl. The van der Waals surface area contributed by atoms with Gasteiger partial charge < -0.3 is 15.2 Å². The second kappa shape index (κ2) is 5.35. The monoisotopic (exact) mass is 229 g/mol. The first-order valence-electron chi connectivity index (χ1n) is 4.88. The Morgan fingerprint density at radius 2 is 2.27 bits per heavy atom. The van der Waals surface area contributed by atoms with Crippen LogP contribution in [0.1, 0.15) is 17.2 Å². The first kappa shape index (κ1) is 12.3. The average molecular weight is 230 g/mol. The maximum absolute atomic E-state index is 9.69. The molecule has 0 radical (unpaired) electrons. The van der Waals surface area contributed by atoms with Crippen molar-refractivity contribution < 1.29 is 9.84 Å². The lowest BCUT2D eigenvalue weighted by atomic mass is 10.0. The van der Waals surface area contributed by atoms with Gasteiger partial charge in [0.05, 0.1) is 19.3 Å². The zero-order valence-corrected chi connectivity index (χ0v) is 9.51.